The van der Waals surface area contributed by atoms with Crippen molar-refractivity contribution < 1.29 is 4.79 Å². The molecule has 0 fully saturated rings. The molecule has 0 N–H and O–H groups in total. The Bertz CT molecular complexity index is 553. The largest absolute Gasteiger partial charge is 0.289 e. The van der Waals surface area contributed by atoms with Crippen LogP contribution in [0.3, 0.4) is 0 Å². The Labute approximate surface area is 108 Å². The van der Waals surface area contributed by atoms with Crippen molar-refractivity contribution in [2.75, 3.05) is 0 Å². The van der Waals surface area contributed by atoms with E-state index in [0.717, 1.165) is 16.7 Å². The molecule has 0 aliphatic rings. The smallest absolute Gasteiger partial charge is 0.193 e. The lowest BCUT2D eigenvalue weighted by atomic mass is 9.91. The zero-order valence-electron chi connectivity index (χ0n) is 11.1. The predicted molar refractivity (Wildman–Crippen MR) is 75.1 cm³/mol. The van der Waals surface area contributed by atoms with Crippen LogP contribution in [-0.4, -0.2) is 5.78 Å². The number of rotatable bonds is 3. The fourth-order valence-electron chi connectivity index (χ4n) is 2.27. The van der Waals surface area contributed by atoms with Gasteiger partial charge in [-0.15, -0.1) is 0 Å². The van der Waals surface area contributed by atoms with Gasteiger partial charge in [0.25, 0.3) is 0 Å². The summed E-state index contributed by atoms with van der Waals surface area (Å²) < 4.78 is 0. The molecule has 18 heavy (non-hydrogen) atoms. The van der Waals surface area contributed by atoms with Crippen molar-refractivity contribution in [1.29, 1.82) is 0 Å². The minimum atomic E-state index is 0.107. The van der Waals surface area contributed by atoms with Crippen molar-refractivity contribution in [2.45, 2.75) is 26.7 Å². The van der Waals surface area contributed by atoms with Gasteiger partial charge in [-0.25, -0.2) is 0 Å². The highest BCUT2D eigenvalue weighted by Crippen LogP contribution is 2.23. The van der Waals surface area contributed by atoms with Crippen molar-refractivity contribution in [2.24, 2.45) is 0 Å². The summed E-state index contributed by atoms with van der Waals surface area (Å²) in [6, 6.07) is 15.4. The number of hydrogen-bond acceptors (Lipinski definition) is 1. The van der Waals surface area contributed by atoms with Gasteiger partial charge in [-0.2, -0.15) is 0 Å². The molecule has 1 heteroatoms. The van der Waals surface area contributed by atoms with Crippen molar-refractivity contribution in [3.05, 3.63) is 70.8 Å². The predicted octanol–water partition coefficient (Wildman–Crippen LogP) is 4.35. The van der Waals surface area contributed by atoms with Crippen LogP contribution in [0.25, 0.3) is 0 Å². The third kappa shape index (κ3) is 2.35. The molecule has 2 rings (SSSR count). The first kappa shape index (κ1) is 12.6. The SMILES string of the molecule is Cc1c(C(=O)c2ccccc2)cccc1C(C)C. The summed E-state index contributed by atoms with van der Waals surface area (Å²) in [5.41, 5.74) is 3.91. The summed E-state index contributed by atoms with van der Waals surface area (Å²) in [5, 5.41) is 0. The Hall–Kier alpha value is -1.89. The Morgan fingerprint density at radius 2 is 1.61 bits per heavy atom. The topological polar surface area (TPSA) is 17.1 Å². The molecule has 2 aromatic carbocycles. The molecular weight excluding hydrogens is 220 g/mol. The molecule has 0 atom stereocenters. The highest BCUT2D eigenvalue weighted by molar-refractivity contribution is 6.10. The van der Waals surface area contributed by atoms with Crippen molar-refractivity contribution in [3.8, 4) is 0 Å². The maximum atomic E-state index is 12.4. The lowest BCUT2D eigenvalue weighted by Gasteiger charge is -2.13. The van der Waals surface area contributed by atoms with Crippen LogP contribution in [0, 0.1) is 6.92 Å². The summed E-state index contributed by atoms with van der Waals surface area (Å²) in [6.45, 7) is 6.34. The summed E-state index contributed by atoms with van der Waals surface area (Å²) in [7, 11) is 0. The number of hydrogen-bond donors (Lipinski definition) is 0. The Morgan fingerprint density at radius 1 is 0.944 bits per heavy atom. The van der Waals surface area contributed by atoms with E-state index < -0.39 is 0 Å². The average molecular weight is 238 g/mol. The van der Waals surface area contributed by atoms with E-state index in [-0.39, 0.29) is 5.78 Å². The van der Waals surface area contributed by atoms with E-state index in [0.29, 0.717) is 5.92 Å². The molecule has 0 aliphatic carbocycles. The quantitative estimate of drug-likeness (QED) is 0.726. The van der Waals surface area contributed by atoms with E-state index in [1.165, 1.54) is 5.56 Å². The van der Waals surface area contributed by atoms with E-state index in [2.05, 4.69) is 19.9 Å². The fourth-order valence-corrected chi connectivity index (χ4v) is 2.27. The first-order valence-corrected chi connectivity index (χ1v) is 6.30. The minimum absolute atomic E-state index is 0.107. The molecule has 0 saturated carbocycles. The Morgan fingerprint density at radius 3 is 2.22 bits per heavy atom. The van der Waals surface area contributed by atoms with Gasteiger partial charge in [0.05, 0.1) is 0 Å². The van der Waals surface area contributed by atoms with Crippen LogP contribution in [0.5, 0.6) is 0 Å². The molecule has 0 radical (unpaired) electrons. The third-order valence-corrected chi connectivity index (χ3v) is 3.28. The van der Waals surface area contributed by atoms with Gasteiger partial charge < -0.3 is 0 Å². The lowest BCUT2D eigenvalue weighted by Crippen LogP contribution is -2.06. The van der Waals surface area contributed by atoms with E-state index in [4.69, 9.17) is 0 Å². The second-order valence-electron chi connectivity index (χ2n) is 4.87. The van der Waals surface area contributed by atoms with Crippen LogP contribution >= 0.6 is 0 Å². The van der Waals surface area contributed by atoms with Crippen LogP contribution < -0.4 is 0 Å². The third-order valence-electron chi connectivity index (χ3n) is 3.28. The molecule has 92 valence electrons. The second-order valence-corrected chi connectivity index (χ2v) is 4.87. The fraction of sp³-hybridized carbons (Fsp3) is 0.235. The van der Waals surface area contributed by atoms with Gasteiger partial charge in [-0.1, -0.05) is 62.4 Å². The number of carbonyl (C=O) groups excluding carboxylic acids is 1. The van der Waals surface area contributed by atoms with Gasteiger partial charge in [0.2, 0.25) is 0 Å². The second kappa shape index (κ2) is 5.18. The van der Waals surface area contributed by atoms with Gasteiger partial charge in [0, 0.05) is 11.1 Å². The summed E-state index contributed by atoms with van der Waals surface area (Å²) >= 11 is 0. The van der Waals surface area contributed by atoms with E-state index in [9.17, 15) is 4.79 Å². The van der Waals surface area contributed by atoms with E-state index >= 15 is 0 Å². The van der Waals surface area contributed by atoms with Crippen LogP contribution in [0.15, 0.2) is 48.5 Å². The summed E-state index contributed by atoms with van der Waals surface area (Å²) in [5.74, 6) is 0.545. The highest BCUT2D eigenvalue weighted by Gasteiger charge is 2.14. The molecule has 1 nitrogen and oxygen atoms in total. The molecule has 0 heterocycles. The zero-order valence-corrected chi connectivity index (χ0v) is 11.1. The highest BCUT2D eigenvalue weighted by atomic mass is 16.1. The maximum Gasteiger partial charge on any atom is 0.193 e. The molecule has 2 aromatic rings. The van der Waals surface area contributed by atoms with Crippen molar-refractivity contribution in [3.63, 3.8) is 0 Å². The Balaban J connectivity index is 2.47. The molecule has 0 spiro atoms. The van der Waals surface area contributed by atoms with Crippen molar-refractivity contribution >= 4 is 5.78 Å². The van der Waals surface area contributed by atoms with Crippen LogP contribution in [0.4, 0.5) is 0 Å². The van der Waals surface area contributed by atoms with Crippen LogP contribution in [-0.2, 0) is 0 Å². The van der Waals surface area contributed by atoms with Crippen LogP contribution in [0.1, 0.15) is 46.8 Å². The first-order valence-electron chi connectivity index (χ1n) is 6.30. The average Bonchev–Trinajstić information content (AvgIpc) is 2.39. The normalized spacial score (nSPS) is 10.7. The van der Waals surface area contributed by atoms with Gasteiger partial charge in [0.15, 0.2) is 5.78 Å². The van der Waals surface area contributed by atoms with Gasteiger partial charge in [0.1, 0.15) is 0 Å². The zero-order chi connectivity index (χ0) is 13.1. The Kier molecular flexibility index (Phi) is 3.61. The van der Waals surface area contributed by atoms with Gasteiger partial charge >= 0.3 is 0 Å². The number of ketones is 1. The number of carbonyl (C=O) groups is 1. The van der Waals surface area contributed by atoms with Gasteiger partial charge in [-0.3, -0.25) is 4.79 Å². The number of benzene rings is 2. The summed E-state index contributed by atoms with van der Waals surface area (Å²) in [6.07, 6.45) is 0. The summed E-state index contributed by atoms with van der Waals surface area (Å²) in [4.78, 5) is 12.4. The molecule has 0 unspecified atom stereocenters. The standard InChI is InChI=1S/C17H18O/c1-12(2)15-10-7-11-16(13(15)3)17(18)14-8-5-4-6-9-14/h4-12H,1-3H3. The lowest BCUT2D eigenvalue weighted by molar-refractivity contribution is 0.103. The van der Waals surface area contributed by atoms with Crippen LogP contribution in [0.2, 0.25) is 0 Å². The molecule has 0 amide bonds. The molecule has 0 saturated heterocycles. The first-order chi connectivity index (χ1) is 8.61. The molecule has 0 aliphatic heterocycles. The van der Waals surface area contributed by atoms with E-state index in [1.807, 2.05) is 49.4 Å². The molecule has 0 aromatic heterocycles. The maximum absolute atomic E-state index is 12.4. The minimum Gasteiger partial charge on any atom is -0.289 e. The van der Waals surface area contributed by atoms with Gasteiger partial charge in [-0.05, 0) is 24.0 Å². The van der Waals surface area contributed by atoms with Crippen molar-refractivity contribution in [1.82, 2.24) is 0 Å². The molecule has 0 bridgehead atoms. The monoisotopic (exact) mass is 238 g/mol. The molecular formula is C17H18O. The van der Waals surface area contributed by atoms with E-state index in [1.54, 1.807) is 0 Å².